The van der Waals surface area contributed by atoms with Crippen LogP contribution in [0.2, 0.25) is 0 Å². The van der Waals surface area contributed by atoms with Gasteiger partial charge in [-0.25, -0.2) is 4.98 Å². The zero-order chi connectivity index (χ0) is 17.8. The molecule has 4 aromatic rings. The zero-order valence-electron chi connectivity index (χ0n) is 13.9. The van der Waals surface area contributed by atoms with Crippen molar-refractivity contribution >= 4 is 50.0 Å². The third kappa shape index (κ3) is 3.74. The molecule has 0 aliphatic heterocycles. The van der Waals surface area contributed by atoms with Crippen molar-refractivity contribution < 1.29 is 4.79 Å². The topological polar surface area (TPSA) is 51.0 Å². The molecule has 0 aliphatic carbocycles. The molecule has 0 unspecified atom stereocenters. The fraction of sp³-hybridized carbons (Fsp3) is 0.105. The summed E-state index contributed by atoms with van der Waals surface area (Å²) in [6, 6.07) is 13.8. The van der Waals surface area contributed by atoms with E-state index in [9.17, 15) is 4.79 Å². The molecule has 1 aromatic carbocycles. The van der Waals surface area contributed by atoms with Crippen LogP contribution in [0.15, 0.2) is 66.3 Å². The molecule has 0 bridgehead atoms. The number of amides is 1. The van der Waals surface area contributed by atoms with Gasteiger partial charge in [0.2, 0.25) is 0 Å². The molecular weight excluding hydrogens is 364 g/mol. The SMILES string of the molecule is O=C(C=Cc1cccs1)N(CCn1cccn1)c1nc2ccccc2s1. The van der Waals surface area contributed by atoms with Crippen molar-refractivity contribution in [2.24, 2.45) is 0 Å². The predicted molar refractivity (Wildman–Crippen MR) is 108 cm³/mol. The summed E-state index contributed by atoms with van der Waals surface area (Å²) in [5.41, 5.74) is 0.909. The summed E-state index contributed by atoms with van der Waals surface area (Å²) >= 11 is 3.13. The molecule has 0 spiro atoms. The number of hydrogen-bond acceptors (Lipinski definition) is 5. The van der Waals surface area contributed by atoms with Crippen LogP contribution in [0.5, 0.6) is 0 Å². The Bertz CT molecular complexity index is 986. The fourth-order valence-electron chi connectivity index (χ4n) is 2.54. The number of para-hydroxylation sites is 1. The summed E-state index contributed by atoms with van der Waals surface area (Å²) in [5, 5.41) is 6.92. The summed E-state index contributed by atoms with van der Waals surface area (Å²) in [6.45, 7) is 1.12. The molecule has 130 valence electrons. The van der Waals surface area contributed by atoms with E-state index in [-0.39, 0.29) is 5.91 Å². The number of carbonyl (C=O) groups is 1. The van der Waals surface area contributed by atoms with Gasteiger partial charge in [-0.15, -0.1) is 11.3 Å². The number of rotatable bonds is 6. The molecule has 0 saturated heterocycles. The third-order valence-corrected chi connectivity index (χ3v) is 5.72. The van der Waals surface area contributed by atoms with Crippen molar-refractivity contribution in [3.05, 3.63) is 71.2 Å². The summed E-state index contributed by atoms with van der Waals surface area (Å²) in [5.74, 6) is -0.0791. The lowest BCUT2D eigenvalue weighted by Crippen LogP contribution is -2.32. The first-order chi connectivity index (χ1) is 12.8. The van der Waals surface area contributed by atoms with Gasteiger partial charge < -0.3 is 0 Å². The van der Waals surface area contributed by atoms with E-state index in [1.807, 2.05) is 64.8 Å². The van der Waals surface area contributed by atoms with Crippen LogP contribution in [0.1, 0.15) is 4.88 Å². The first-order valence-electron chi connectivity index (χ1n) is 8.16. The van der Waals surface area contributed by atoms with E-state index in [0.717, 1.165) is 15.1 Å². The summed E-state index contributed by atoms with van der Waals surface area (Å²) in [7, 11) is 0. The number of carbonyl (C=O) groups excluding carboxylic acids is 1. The highest BCUT2D eigenvalue weighted by Crippen LogP contribution is 2.29. The smallest absolute Gasteiger partial charge is 0.252 e. The minimum Gasteiger partial charge on any atom is -0.283 e. The zero-order valence-corrected chi connectivity index (χ0v) is 15.5. The number of hydrogen-bond donors (Lipinski definition) is 0. The van der Waals surface area contributed by atoms with Crippen molar-refractivity contribution in [3.8, 4) is 0 Å². The van der Waals surface area contributed by atoms with Gasteiger partial charge >= 0.3 is 0 Å². The van der Waals surface area contributed by atoms with Crippen LogP contribution < -0.4 is 4.90 Å². The molecule has 3 heterocycles. The quantitative estimate of drug-likeness (QED) is 0.469. The van der Waals surface area contributed by atoms with Crippen LogP contribution in [0, 0.1) is 0 Å². The largest absolute Gasteiger partial charge is 0.283 e. The maximum absolute atomic E-state index is 12.9. The molecule has 26 heavy (non-hydrogen) atoms. The third-order valence-electron chi connectivity index (χ3n) is 3.82. The Kier molecular flexibility index (Phi) is 4.90. The molecule has 4 rings (SSSR count). The Morgan fingerprint density at radius 2 is 2.12 bits per heavy atom. The van der Waals surface area contributed by atoms with Crippen molar-refractivity contribution in [2.75, 3.05) is 11.4 Å². The molecule has 7 heteroatoms. The first kappa shape index (κ1) is 16.7. The Morgan fingerprint density at radius 3 is 2.88 bits per heavy atom. The van der Waals surface area contributed by atoms with Crippen molar-refractivity contribution in [2.45, 2.75) is 6.54 Å². The molecule has 0 aliphatic rings. The number of thiazole rings is 1. The number of anilines is 1. The molecule has 5 nitrogen and oxygen atoms in total. The van der Waals surface area contributed by atoms with Crippen molar-refractivity contribution in [1.82, 2.24) is 14.8 Å². The van der Waals surface area contributed by atoms with Gasteiger partial charge in [-0.3, -0.25) is 14.4 Å². The van der Waals surface area contributed by atoms with Gasteiger partial charge in [-0.1, -0.05) is 29.5 Å². The Hall–Kier alpha value is -2.77. The van der Waals surface area contributed by atoms with Crippen molar-refractivity contribution in [3.63, 3.8) is 0 Å². The molecule has 0 saturated carbocycles. The predicted octanol–water partition coefficient (Wildman–Crippen LogP) is 4.30. The van der Waals surface area contributed by atoms with Gasteiger partial charge in [-0.05, 0) is 35.7 Å². The van der Waals surface area contributed by atoms with Crippen LogP contribution in [0.4, 0.5) is 5.13 Å². The summed E-state index contributed by atoms with van der Waals surface area (Å²) in [4.78, 5) is 20.3. The summed E-state index contributed by atoms with van der Waals surface area (Å²) in [6.07, 6.45) is 7.09. The number of aromatic nitrogens is 3. The highest BCUT2D eigenvalue weighted by atomic mass is 32.1. The van der Waals surface area contributed by atoms with Gasteiger partial charge in [-0.2, -0.15) is 5.10 Å². The minimum atomic E-state index is -0.0791. The van der Waals surface area contributed by atoms with Crippen LogP contribution in [0.3, 0.4) is 0 Å². The lowest BCUT2D eigenvalue weighted by atomic mass is 10.3. The Morgan fingerprint density at radius 1 is 1.19 bits per heavy atom. The standard InChI is InChI=1S/C19H16N4OS2/c24-18(9-8-15-5-3-14-25-15)23(13-12-22-11-4-10-20-22)19-21-16-6-1-2-7-17(16)26-19/h1-11,14H,12-13H2. The maximum Gasteiger partial charge on any atom is 0.252 e. The van der Waals surface area contributed by atoms with Gasteiger partial charge in [0.25, 0.3) is 5.91 Å². The number of nitrogens with zero attached hydrogens (tertiary/aromatic N) is 4. The van der Waals surface area contributed by atoms with Crippen LogP contribution in [0.25, 0.3) is 16.3 Å². The lowest BCUT2D eigenvalue weighted by molar-refractivity contribution is -0.114. The van der Waals surface area contributed by atoms with E-state index in [1.165, 1.54) is 11.3 Å². The molecule has 3 aromatic heterocycles. The van der Waals surface area contributed by atoms with E-state index in [2.05, 4.69) is 10.1 Å². The van der Waals surface area contributed by atoms with Gasteiger partial charge in [0.05, 0.1) is 16.8 Å². The van der Waals surface area contributed by atoms with E-state index >= 15 is 0 Å². The second kappa shape index (κ2) is 7.63. The number of fused-ring (bicyclic) bond motifs is 1. The molecular formula is C19H16N4OS2. The molecule has 0 radical (unpaired) electrons. The second-order valence-electron chi connectivity index (χ2n) is 5.57. The van der Waals surface area contributed by atoms with E-state index in [0.29, 0.717) is 18.2 Å². The monoisotopic (exact) mass is 380 g/mol. The highest BCUT2D eigenvalue weighted by Gasteiger charge is 2.18. The molecule has 0 atom stereocenters. The Labute approximate surface area is 158 Å². The van der Waals surface area contributed by atoms with Crippen LogP contribution in [-0.2, 0) is 11.3 Å². The van der Waals surface area contributed by atoms with E-state index in [1.54, 1.807) is 28.5 Å². The van der Waals surface area contributed by atoms with Gasteiger partial charge in [0.15, 0.2) is 5.13 Å². The second-order valence-corrected chi connectivity index (χ2v) is 7.56. The molecule has 1 amide bonds. The van der Waals surface area contributed by atoms with E-state index < -0.39 is 0 Å². The fourth-order valence-corrected chi connectivity index (χ4v) is 4.16. The van der Waals surface area contributed by atoms with Crippen LogP contribution >= 0.6 is 22.7 Å². The average molecular weight is 380 g/mol. The minimum absolute atomic E-state index is 0.0791. The average Bonchev–Trinajstić information content (AvgIpc) is 3.40. The van der Waals surface area contributed by atoms with Crippen LogP contribution in [-0.4, -0.2) is 27.2 Å². The normalized spacial score (nSPS) is 11.4. The maximum atomic E-state index is 12.9. The van der Waals surface area contributed by atoms with Gasteiger partial charge in [0.1, 0.15) is 0 Å². The van der Waals surface area contributed by atoms with Crippen molar-refractivity contribution in [1.29, 1.82) is 0 Å². The van der Waals surface area contributed by atoms with E-state index in [4.69, 9.17) is 0 Å². The molecule has 0 N–H and O–H groups in total. The Balaban J connectivity index is 1.60. The number of benzene rings is 1. The molecule has 0 fully saturated rings. The number of thiophene rings is 1. The van der Waals surface area contributed by atoms with Gasteiger partial charge in [0, 0.05) is 29.9 Å². The summed E-state index contributed by atoms with van der Waals surface area (Å²) < 4.78 is 2.89. The lowest BCUT2D eigenvalue weighted by Gasteiger charge is -2.18. The first-order valence-corrected chi connectivity index (χ1v) is 9.85. The highest BCUT2D eigenvalue weighted by molar-refractivity contribution is 7.22.